The van der Waals surface area contributed by atoms with Gasteiger partial charge in [-0.15, -0.1) is 0 Å². The minimum absolute atomic E-state index is 0.0129. The number of hydrogen-bond donors (Lipinski definition) is 2. The molecular weight excluding hydrogens is 214 g/mol. The van der Waals surface area contributed by atoms with Crippen molar-refractivity contribution in [1.29, 1.82) is 0 Å². The Hall–Kier alpha value is -0.800. The number of hydrogen-bond acceptors (Lipinski definition) is 3. The Morgan fingerprint density at radius 3 is 2.76 bits per heavy atom. The molecule has 1 aliphatic carbocycles. The number of furan rings is 1. The van der Waals surface area contributed by atoms with Crippen LogP contribution in [0.4, 0.5) is 0 Å². The zero-order chi connectivity index (χ0) is 12.1. The minimum atomic E-state index is -0.0129. The van der Waals surface area contributed by atoms with Gasteiger partial charge in [0.1, 0.15) is 18.1 Å². The van der Waals surface area contributed by atoms with Gasteiger partial charge in [0.25, 0.3) is 0 Å². The molecule has 1 aliphatic rings. The molecule has 1 heterocycles. The molecule has 1 aromatic heterocycles. The molecule has 0 saturated heterocycles. The third kappa shape index (κ3) is 3.33. The van der Waals surface area contributed by atoms with Crippen molar-refractivity contribution in [3.05, 3.63) is 23.7 Å². The fourth-order valence-corrected chi connectivity index (χ4v) is 2.80. The van der Waals surface area contributed by atoms with Gasteiger partial charge in [0.2, 0.25) is 0 Å². The molecule has 0 radical (unpaired) electrons. The zero-order valence-corrected chi connectivity index (χ0v) is 10.6. The summed E-state index contributed by atoms with van der Waals surface area (Å²) in [6, 6.07) is 4.42. The lowest BCUT2D eigenvalue weighted by Crippen LogP contribution is -2.37. The van der Waals surface area contributed by atoms with Crippen molar-refractivity contribution in [3.63, 3.8) is 0 Å². The summed E-state index contributed by atoms with van der Waals surface area (Å²) in [7, 11) is 0. The van der Waals surface area contributed by atoms with Crippen LogP contribution in [0, 0.1) is 5.92 Å². The van der Waals surface area contributed by atoms with Gasteiger partial charge in [-0.1, -0.05) is 26.2 Å². The lowest BCUT2D eigenvalue weighted by atomic mass is 9.83. The van der Waals surface area contributed by atoms with Crippen molar-refractivity contribution >= 4 is 0 Å². The van der Waals surface area contributed by atoms with Crippen LogP contribution in [0.15, 0.2) is 16.5 Å². The highest BCUT2D eigenvalue weighted by molar-refractivity contribution is 5.06. The van der Waals surface area contributed by atoms with Crippen LogP contribution in [0.2, 0.25) is 0 Å². The van der Waals surface area contributed by atoms with Crippen molar-refractivity contribution < 1.29 is 9.52 Å². The number of aliphatic hydroxyl groups excluding tert-OH is 1. The van der Waals surface area contributed by atoms with Crippen LogP contribution in [0.25, 0.3) is 0 Å². The maximum absolute atomic E-state index is 8.93. The van der Waals surface area contributed by atoms with E-state index in [4.69, 9.17) is 9.52 Å². The van der Waals surface area contributed by atoms with Gasteiger partial charge >= 0.3 is 0 Å². The lowest BCUT2D eigenvalue weighted by Gasteiger charge is -2.31. The summed E-state index contributed by atoms with van der Waals surface area (Å²) in [6.45, 7) is 3.05. The highest BCUT2D eigenvalue weighted by atomic mass is 16.4. The van der Waals surface area contributed by atoms with E-state index in [2.05, 4.69) is 12.2 Å². The molecule has 0 bridgehead atoms. The van der Waals surface area contributed by atoms with Crippen molar-refractivity contribution in [1.82, 2.24) is 5.32 Å². The summed E-state index contributed by atoms with van der Waals surface area (Å²) in [5, 5.41) is 12.5. The zero-order valence-electron chi connectivity index (χ0n) is 10.6. The molecule has 0 amide bonds. The Morgan fingerprint density at radius 2 is 2.06 bits per heavy atom. The molecule has 2 N–H and O–H groups in total. The number of nitrogens with one attached hydrogen (secondary N) is 1. The van der Waals surface area contributed by atoms with Gasteiger partial charge in [0.05, 0.1) is 6.54 Å². The molecule has 1 fully saturated rings. The maximum atomic E-state index is 8.93. The maximum Gasteiger partial charge on any atom is 0.129 e. The molecule has 3 heteroatoms. The molecular formula is C14H23NO2. The van der Waals surface area contributed by atoms with Gasteiger partial charge in [-0.05, 0) is 30.9 Å². The van der Waals surface area contributed by atoms with E-state index in [1.807, 2.05) is 12.1 Å². The summed E-state index contributed by atoms with van der Waals surface area (Å²) in [5.74, 6) is 2.39. The van der Waals surface area contributed by atoms with Crippen LogP contribution >= 0.6 is 0 Å². The minimum Gasteiger partial charge on any atom is -0.462 e. The van der Waals surface area contributed by atoms with E-state index in [9.17, 15) is 0 Å². The van der Waals surface area contributed by atoms with E-state index in [1.54, 1.807) is 0 Å². The second-order valence-electron chi connectivity index (χ2n) is 4.97. The molecule has 0 spiro atoms. The van der Waals surface area contributed by atoms with Gasteiger partial charge in [-0.25, -0.2) is 0 Å². The summed E-state index contributed by atoms with van der Waals surface area (Å²) >= 11 is 0. The second-order valence-corrected chi connectivity index (χ2v) is 4.97. The summed E-state index contributed by atoms with van der Waals surface area (Å²) in [5.41, 5.74) is 0. The van der Waals surface area contributed by atoms with E-state index in [-0.39, 0.29) is 6.61 Å². The first-order chi connectivity index (χ1) is 8.33. The Balaban J connectivity index is 1.83. The third-order valence-corrected chi connectivity index (χ3v) is 3.85. The fraction of sp³-hybridized carbons (Fsp3) is 0.714. The third-order valence-electron chi connectivity index (χ3n) is 3.85. The molecule has 3 nitrogen and oxygen atoms in total. The molecule has 0 aliphatic heterocycles. The molecule has 2 unspecified atom stereocenters. The highest BCUT2D eigenvalue weighted by Gasteiger charge is 2.23. The van der Waals surface area contributed by atoms with Crippen LogP contribution in [0.1, 0.15) is 50.5 Å². The standard InChI is InChI=1S/C14H23NO2/c1-2-11-5-3-4-6-14(11)15-9-12-7-8-13(10-16)17-12/h7-8,11,14-16H,2-6,9-10H2,1H3. The topological polar surface area (TPSA) is 45.4 Å². The quantitative estimate of drug-likeness (QED) is 0.827. The second kappa shape index (κ2) is 6.22. The Morgan fingerprint density at radius 1 is 1.29 bits per heavy atom. The average Bonchev–Trinajstić information content (AvgIpc) is 2.84. The molecule has 1 saturated carbocycles. The average molecular weight is 237 g/mol. The SMILES string of the molecule is CCC1CCCCC1NCc1ccc(CO)o1. The van der Waals surface area contributed by atoms with Gasteiger partial charge in [-0.2, -0.15) is 0 Å². The van der Waals surface area contributed by atoms with E-state index in [0.29, 0.717) is 11.8 Å². The smallest absolute Gasteiger partial charge is 0.129 e. The van der Waals surface area contributed by atoms with Crippen molar-refractivity contribution in [2.24, 2.45) is 5.92 Å². The predicted octanol–water partition coefficient (Wildman–Crippen LogP) is 2.83. The lowest BCUT2D eigenvalue weighted by molar-refractivity contribution is 0.232. The highest BCUT2D eigenvalue weighted by Crippen LogP contribution is 2.27. The first kappa shape index (κ1) is 12.7. The van der Waals surface area contributed by atoms with Gasteiger partial charge in [0, 0.05) is 6.04 Å². The van der Waals surface area contributed by atoms with E-state index in [0.717, 1.165) is 18.2 Å². The molecule has 0 aromatic carbocycles. The molecule has 2 rings (SSSR count). The normalized spacial score (nSPS) is 25.1. The first-order valence-electron chi connectivity index (χ1n) is 6.75. The summed E-state index contributed by atoms with van der Waals surface area (Å²) in [6.07, 6.45) is 6.62. The largest absolute Gasteiger partial charge is 0.462 e. The Labute approximate surface area is 103 Å². The number of aliphatic hydroxyl groups is 1. The Bertz CT molecular complexity index is 335. The van der Waals surface area contributed by atoms with Crippen molar-refractivity contribution in [2.45, 2.75) is 58.2 Å². The first-order valence-corrected chi connectivity index (χ1v) is 6.75. The monoisotopic (exact) mass is 237 g/mol. The predicted molar refractivity (Wildman–Crippen MR) is 67.5 cm³/mol. The van der Waals surface area contributed by atoms with Gasteiger partial charge < -0.3 is 14.8 Å². The summed E-state index contributed by atoms with van der Waals surface area (Å²) in [4.78, 5) is 0. The molecule has 1 aromatic rings. The van der Waals surface area contributed by atoms with E-state index < -0.39 is 0 Å². The van der Waals surface area contributed by atoms with E-state index >= 15 is 0 Å². The molecule has 2 atom stereocenters. The van der Waals surface area contributed by atoms with Crippen LogP contribution in [-0.2, 0) is 13.2 Å². The molecule has 96 valence electrons. The van der Waals surface area contributed by atoms with Gasteiger partial charge in [0.15, 0.2) is 0 Å². The van der Waals surface area contributed by atoms with Crippen molar-refractivity contribution in [2.75, 3.05) is 0 Å². The van der Waals surface area contributed by atoms with E-state index in [1.165, 1.54) is 32.1 Å². The Kier molecular flexibility index (Phi) is 4.63. The van der Waals surface area contributed by atoms with Gasteiger partial charge in [-0.3, -0.25) is 0 Å². The number of rotatable bonds is 5. The van der Waals surface area contributed by atoms with Crippen LogP contribution < -0.4 is 5.32 Å². The summed E-state index contributed by atoms with van der Waals surface area (Å²) < 4.78 is 5.48. The van der Waals surface area contributed by atoms with Crippen LogP contribution in [0.3, 0.4) is 0 Å². The van der Waals surface area contributed by atoms with Crippen LogP contribution in [0.5, 0.6) is 0 Å². The van der Waals surface area contributed by atoms with Crippen LogP contribution in [-0.4, -0.2) is 11.1 Å². The molecule has 17 heavy (non-hydrogen) atoms. The fourth-order valence-electron chi connectivity index (χ4n) is 2.80. The van der Waals surface area contributed by atoms with Crippen molar-refractivity contribution in [3.8, 4) is 0 Å².